The maximum atomic E-state index is 12.0. The van der Waals surface area contributed by atoms with Crippen molar-refractivity contribution in [1.82, 2.24) is 10.2 Å². The van der Waals surface area contributed by atoms with Crippen molar-refractivity contribution in [2.24, 2.45) is 0 Å². The van der Waals surface area contributed by atoms with Gasteiger partial charge >= 0.3 is 0 Å². The number of nitrogens with one attached hydrogen (secondary N) is 2. The van der Waals surface area contributed by atoms with E-state index in [9.17, 15) is 4.79 Å². The number of carbonyl (C=O) groups excluding carboxylic acids is 1. The number of para-hydroxylation sites is 2. The van der Waals surface area contributed by atoms with Crippen molar-refractivity contribution >= 4 is 23.2 Å². The Kier molecular flexibility index (Phi) is 5.94. The van der Waals surface area contributed by atoms with Crippen LogP contribution in [0.1, 0.15) is 12.0 Å². The molecule has 0 aliphatic rings. The Morgan fingerprint density at radius 1 is 0.963 bits per heavy atom. The Balaban J connectivity index is 1.50. The van der Waals surface area contributed by atoms with E-state index in [0.717, 1.165) is 5.75 Å². The standard InChI is InChI=1S/C20H17N5O2/c21-14-15-6-4-5-9-17(15)22-18-10-11-19(25-24-18)23-20(26)12-13-27-16-7-2-1-3-8-16/h1-11H,12-13H2,(H,22,24)(H,23,25,26). The van der Waals surface area contributed by atoms with Gasteiger partial charge in [-0.3, -0.25) is 4.79 Å². The molecule has 3 rings (SSSR count). The average molecular weight is 359 g/mol. The number of hydrogen-bond acceptors (Lipinski definition) is 6. The van der Waals surface area contributed by atoms with E-state index in [4.69, 9.17) is 10.00 Å². The highest BCUT2D eigenvalue weighted by molar-refractivity contribution is 5.89. The first kappa shape index (κ1) is 17.9. The summed E-state index contributed by atoms with van der Waals surface area (Å²) in [6.07, 6.45) is 0.201. The van der Waals surface area contributed by atoms with E-state index < -0.39 is 0 Å². The molecule has 0 atom stereocenters. The quantitative estimate of drug-likeness (QED) is 0.670. The molecule has 0 fully saturated rings. The Bertz CT molecular complexity index is 937. The summed E-state index contributed by atoms with van der Waals surface area (Å²) in [5, 5.41) is 22.8. The zero-order valence-electron chi connectivity index (χ0n) is 14.4. The first-order valence-electron chi connectivity index (χ1n) is 8.32. The SMILES string of the molecule is N#Cc1ccccc1Nc1ccc(NC(=O)CCOc2ccccc2)nn1. The van der Waals surface area contributed by atoms with Crippen LogP contribution in [-0.2, 0) is 4.79 Å². The fourth-order valence-corrected chi connectivity index (χ4v) is 2.28. The van der Waals surface area contributed by atoms with Crippen LogP contribution in [0.25, 0.3) is 0 Å². The molecule has 1 amide bonds. The summed E-state index contributed by atoms with van der Waals surface area (Å²) in [6.45, 7) is 0.272. The van der Waals surface area contributed by atoms with E-state index in [2.05, 4.69) is 26.9 Å². The molecule has 134 valence electrons. The Hall–Kier alpha value is -3.92. The first-order chi connectivity index (χ1) is 13.2. The van der Waals surface area contributed by atoms with Crippen molar-refractivity contribution in [2.75, 3.05) is 17.2 Å². The van der Waals surface area contributed by atoms with Crippen LogP contribution in [-0.4, -0.2) is 22.7 Å². The molecule has 0 bridgehead atoms. The lowest BCUT2D eigenvalue weighted by atomic mass is 10.2. The highest BCUT2D eigenvalue weighted by atomic mass is 16.5. The third-order valence-corrected chi connectivity index (χ3v) is 3.58. The topological polar surface area (TPSA) is 99.9 Å². The molecule has 2 N–H and O–H groups in total. The fourth-order valence-electron chi connectivity index (χ4n) is 2.28. The molecule has 0 radical (unpaired) electrons. The summed E-state index contributed by atoms with van der Waals surface area (Å²) in [4.78, 5) is 12.0. The van der Waals surface area contributed by atoms with Gasteiger partial charge in [0.2, 0.25) is 5.91 Å². The van der Waals surface area contributed by atoms with E-state index in [1.165, 1.54) is 0 Å². The molecule has 1 aromatic heterocycles. The number of amides is 1. The van der Waals surface area contributed by atoms with Gasteiger partial charge in [0.1, 0.15) is 11.8 Å². The van der Waals surface area contributed by atoms with Crippen molar-refractivity contribution in [2.45, 2.75) is 6.42 Å². The highest BCUT2D eigenvalue weighted by Crippen LogP contribution is 2.18. The van der Waals surface area contributed by atoms with Crippen LogP contribution in [0, 0.1) is 11.3 Å². The highest BCUT2D eigenvalue weighted by Gasteiger charge is 2.06. The molecule has 7 nitrogen and oxygen atoms in total. The van der Waals surface area contributed by atoms with E-state index in [1.807, 2.05) is 36.4 Å². The van der Waals surface area contributed by atoms with Gasteiger partial charge in [-0.2, -0.15) is 5.26 Å². The molecule has 0 aliphatic carbocycles. The molecule has 1 heterocycles. The molecule has 7 heteroatoms. The largest absolute Gasteiger partial charge is 0.493 e. The van der Waals surface area contributed by atoms with Crippen molar-refractivity contribution < 1.29 is 9.53 Å². The zero-order valence-corrected chi connectivity index (χ0v) is 14.4. The second-order valence-electron chi connectivity index (χ2n) is 5.55. The molecule has 2 aromatic carbocycles. The number of ether oxygens (including phenoxy) is 1. The molecule has 0 saturated carbocycles. The summed E-state index contributed by atoms with van der Waals surface area (Å²) in [7, 11) is 0. The summed E-state index contributed by atoms with van der Waals surface area (Å²) >= 11 is 0. The number of rotatable bonds is 7. The number of nitrogens with zero attached hydrogens (tertiary/aromatic N) is 3. The van der Waals surface area contributed by atoms with Crippen LogP contribution >= 0.6 is 0 Å². The van der Waals surface area contributed by atoms with Crippen LogP contribution < -0.4 is 15.4 Å². The van der Waals surface area contributed by atoms with Crippen molar-refractivity contribution in [3.8, 4) is 11.8 Å². The van der Waals surface area contributed by atoms with Crippen LogP contribution in [0.3, 0.4) is 0 Å². The third kappa shape index (κ3) is 5.28. The molecule has 0 spiro atoms. The molecule has 0 unspecified atom stereocenters. The van der Waals surface area contributed by atoms with Crippen LogP contribution in [0.4, 0.5) is 17.3 Å². The van der Waals surface area contributed by atoms with E-state index >= 15 is 0 Å². The number of nitriles is 1. The summed E-state index contributed by atoms with van der Waals surface area (Å²) in [5.41, 5.74) is 1.15. The maximum Gasteiger partial charge on any atom is 0.229 e. The van der Waals surface area contributed by atoms with Gasteiger partial charge in [0.25, 0.3) is 0 Å². The minimum atomic E-state index is -0.212. The van der Waals surface area contributed by atoms with Gasteiger partial charge in [-0.05, 0) is 36.4 Å². The molecular formula is C20H17N5O2. The smallest absolute Gasteiger partial charge is 0.229 e. The van der Waals surface area contributed by atoms with E-state index in [-0.39, 0.29) is 18.9 Å². The average Bonchev–Trinajstić information content (AvgIpc) is 2.71. The van der Waals surface area contributed by atoms with Crippen molar-refractivity contribution in [1.29, 1.82) is 5.26 Å². The predicted octanol–water partition coefficient (Wildman–Crippen LogP) is 3.50. The van der Waals surface area contributed by atoms with Gasteiger partial charge in [0, 0.05) is 0 Å². The number of hydrogen-bond donors (Lipinski definition) is 2. The Morgan fingerprint density at radius 3 is 2.41 bits per heavy atom. The molecule has 27 heavy (non-hydrogen) atoms. The summed E-state index contributed by atoms with van der Waals surface area (Å²) in [5.74, 6) is 1.33. The normalized spacial score (nSPS) is 9.89. The molecule has 0 aliphatic heterocycles. The number of benzene rings is 2. The fraction of sp³-hybridized carbons (Fsp3) is 0.100. The zero-order chi connectivity index (χ0) is 18.9. The third-order valence-electron chi connectivity index (χ3n) is 3.58. The lowest BCUT2D eigenvalue weighted by Crippen LogP contribution is -2.16. The lowest BCUT2D eigenvalue weighted by Gasteiger charge is -2.08. The minimum absolute atomic E-state index is 0.201. The van der Waals surface area contributed by atoms with Gasteiger partial charge in [0.15, 0.2) is 11.6 Å². The van der Waals surface area contributed by atoms with Crippen LogP contribution in [0.5, 0.6) is 5.75 Å². The first-order valence-corrected chi connectivity index (χ1v) is 8.32. The van der Waals surface area contributed by atoms with Gasteiger partial charge in [-0.15, -0.1) is 10.2 Å². The number of carbonyl (C=O) groups is 1. The minimum Gasteiger partial charge on any atom is -0.493 e. The molecule has 3 aromatic rings. The lowest BCUT2D eigenvalue weighted by molar-refractivity contribution is -0.116. The van der Waals surface area contributed by atoms with E-state index in [0.29, 0.717) is 22.9 Å². The molecule has 0 saturated heterocycles. The van der Waals surface area contributed by atoms with Crippen LogP contribution in [0.2, 0.25) is 0 Å². The van der Waals surface area contributed by atoms with Gasteiger partial charge in [-0.1, -0.05) is 30.3 Å². The van der Waals surface area contributed by atoms with Gasteiger partial charge < -0.3 is 15.4 Å². The summed E-state index contributed by atoms with van der Waals surface area (Å²) < 4.78 is 5.49. The van der Waals surface area contributed by atoms with Gasteiger partial charge in [0.05, 0.1) is 24.3 Å². The number of anilines is 3. The Labute approximate surface area is 156 Å². The second-order valence-corrected chi connectivity index (χ2v) is 5.55. The monoisotopic (exact) mass is 359 g/mol. The van der Waals surface area contributed by atoms with Crippen LogP contribution in [0.15, 0.2) is 66.7 Å². The maximum absolute atomic E-state index is 12.0. The molecular weight excluding hydrogens is 342 g/mol. The van der Waals surface area contributed by atoms with Crippen molar-refractivity contribution in [3.63, 3.8) is 0 Å². The van der Waals surface area contributed by atoms with Gasteiger partial charge in [-0.25, -0.2) is 0 Å². The predicted molar refractivity (Wildman–Crippen MR) is 102 cm³/mol. The Morgan fingerprint density at radius 2 is 1.67 bits per heavy atom. The van der Waals surface area contributed by atoms with Crippen molar-refractivity contribution in [3.05, 3.63) is 72.3 Å². The number of aromatic nitrogens is 2. The second kappa shape index (κ2) is 8.97. The summed E-state index contributed by atoms with van der Waals surface area (Å²) in [6, 6.07) is 21.8. The van der Waals surface area contributed by atoms with E-state index in [1.54, 1.807) is 30.3 Å².